The third kappa shape index (κ3) is 5.57. The van der Waals surface area contributed by atoms with E-state index in [2.05, 4.69) is 10.4 Å². The molecule has 0 unspecified atom stereocenters. The minimum Gasteiger partial charge on any atom is -0.456 e. The first-order valence-corrected chi connectivity index (χ1v) is 7.57. The van der Waals surface area contributed by atoms with Gasteiger partial charge in [-0.15, -0.1) is 0 Å². The van der Waals surface area contributed by atoms with Gasteiger partial charge in [0.1, 0.15) is 0 Å². The van der Waals surface area contributed by atoms with Gasteiger partial charge in [-0.05, 0) is 24.1 Å². The predicted octanol–water partition coefficient (Wildman–Crippen LogP) is 1.38. The van der Waals surface area contributed by atoms with Crippen LogP contribution in [0.3, 0.4) is 0 Å². The Kier molecular flexibility index (Phi) is 6.53. The zero-order valence-electron chi connectivity index (χ0n) is 13.1. The van der Waals surface area contributed by atoms with Crippen molar-refractivity contribution in [3.05, 3.63) is 48.3 Å². The van der Waals surface area contributed by atoms with Crippen LogP contribution in [-0.4, -0.2) is 34.8 Å². The molecule has 7 heteroatoms. The Balaban J connectivity index is 1.72. The molecule has 0 spiro atoms. The Bertz CT molecular complexity index is 719. The fraction of sp³-hybridized carbons (Fsp3) is 0.294. The van der Waals surface area contributed by atoms with Gasteiger partial charge in [-0.2, -0.15) is 10.4 Å². The summed E-state index contributed by atoms with van der Waals surface area (Å²) in [5.41, 5.74) is 1.86. The van der Waals surface area contributed by atoms with Gasteiger partial charge in [0.2, 0.25) is 0 Å². The number of benzene rings is 1. The molecule has 124 valence electrons. The largest absolute Gasteiger partial charge is 0.456 e. The van der Waals surface area contributed by atoms with Gasteiger partial charge >= 0.3 is 5.97 Å². The minimum absolute atomic E-state index is 0.173. The molecular weight excluding hydrogens is 308 g/mol. The van der Waals surface area contributed by atoms with Crippen LogP contribution in [0.1, 0.15) is 18.4 Å². The molecule has 0 radical (unpaired) electrons. The lowest BCUT2D eigenvalue weighted by Crippen LogP contribution is -2.29. The van der Waals surface area contributed by atoms with Crippen molar-refractivity contribution in [3.63, 3.8) is 0 Å². The molecule has 0 saturated carbocycles. The number of nitriles is 1. The van der Waals surface area contributed by atoms with Gasteiger partial charge in [0.15, 0.2) is 6.61 Å². The lowest BCUT2D eigenvalue weighted by Gasteiger charge is -2.04. The average molecular weight is 326 g/mol. The Morgan fingerprint density at radius 3 is 2.83 bits per heavy atom. The van der Waals surface area contributed by atoms with Crippen molar-refractivity contribution in [2.75, 3.05) is 13.2 Å². The highest BCUT2D eigenvalue weighted by molar-refractivity contribution is 5.80. The summed E-state index contributed by atoms with van der Waals surface area (Å²) in [5, 5.41) is 15.1. The summed E-state index contributed by atoms with van der Waals surface area (Å²) in [5.74, 6) is -0.853. The molecule has 0 aliphatic heterocycles. The normalized spacial score (nSPS) is 9.96. The molecule has 0 fully saturated rings. The quantitative estimate of drug-likeness (QED) is 0.584. The number of carbonyl (C=O) groups is 2. The molecule has 1 heterocycles. The topological polar surface area (TPSA) is 97.0 Å². The Labute approximate surface area is 139 Å². The van der Waals surface area contributed by atoms with E-state index in [1.54, 1.807) is 10.9 Å². The molecule has 0 aliphatic carbocycles. The maximum absolute atomic E-state index is 11.6. The standard InChI is InChI=1S/C17H18N4O3/c18-9-4-10-19-16(22)13-24-17(23)8-7-14-11-20-21(12-14)15-5-2-1-3-6-15/h1-3,5-6,11-12H,4,7-8,10,13H2,(H,19,22). The number of amides is 1. The highest BCUT2D eigenvalue weighted by atomic mass is 16.5. The number of ether oxygens (including phenoxy) is 1. The Morgan fingerprint density at radius 2 is 2.08 bits per heavy atom. The smallest absolute Gasteiger partial charge is 0.306 e. The summed E-state index contributed by atoms with van der Waals surface area (Å²) >= 11 is 0. The minimum atomic E-state index is -0.446. The van der Waals surface area contributed by atoms with E-state index in [-0.39, 0.29) is 26.0 Å². The number of hydrogen-bond donors (Lipinski definition) is 1. The third-order valence-corrected chi connectivity index (χ3v) is 3.20. The molecule has 0 atom stereocenters. The number of carbonyl (C=O) groups excluding carboxylic acids is 2. The number of para-hydroxylation sites is 1. The number of aromatic nitrogens is 2. The maximum atomic E-state index is 11.6. The number of nitrogens with zero attached hydrogens (tertiary/aromatic N) is 3. The number of rotatable bonds is 8. The van der Waals surface area contributed by atoms with Crippen LogP contribution in [0.4, 0.5) is 0 Å². The summed E-state index contributed by atoms with van der Waals surface area (Å²) in [6.07, 6.45) is 4.45. The van der Waals surface area contributed by atoms with Crippen LogP contribution in [0, 0.1) is 11.3 Å². The van der Waals surface area contributed by atoms with Gasteiger partial charge < -0.3 is 10.1 Å². The van der Waals surface area contributed by atoms with Crippen LogP contribution in [0.2, 0.25) is 0 Å². The van der Waals surface area contributed by atoms with Crippen LogP contribution in [0.25, 0.3) is 5.69 Å². The third-order valence-electron chi connectivity index (χ3n) is 3.20. The first kappa shape index (κ1) is 17.2. The number of esters is 1. The molecule has 0 bridgehead atoms. The van der Waals surface area contributed by atoms with Crippen LogP contribution in [-0.2, 0) is 20.7 Å². The first-order valence-electron chi connectivity index (χ1n) is 7.57. The van der Waals surface area contributed by atoms with Crippen LogP contribution >= 0.6 is 0 Å². The van der Waals surface area contributed by atoms with Crippen molar-refractivity contribution < 1.29 is 14.3 Å². The molecule has 1 aromatic carbocycles. The van der Waals surface area contributed by atoms with Crippen molar-refractivity contribution in [1.82, 2.24) is 15.1 Å². The molecule has 1 N–H and O–H groups in total. The van der Waals surface area contributed by atoms with E-state index in [1.165, 1.54) is 0 Å². The number of hydrogen-bond acceptors (Lipinski definition) is 5. The number of nitrogens with one attached hydrogen (secondary N) is 1. The highest BCUT2D eigenvalue weighted by Crippen LogP contribution is 2.09. The fourth-order valence-electron chi connectivity index (χ4n) is 1.98. The maximum Gasteiger partial charge on any atom is 0.306 e. The Morgan fingerprint density at radius 1 is 1.29 bits per heavy atom. The molecular formula is C17H18N4O3. The van der Waals surface area contributed by atoms with Gasteiger partial charge in [-0.1, -0.05) is 18.2 Å². The molecule has 24 heavy (non-hydrogen) atoms. The second kappa shape index (κ2) is 9.10. The summed E-state index contributed by atoms with van der Waals surface area (Å²) in [6.45, 7) is -0.0703. The van der Waals surface area contributed by atoms with Gasteiger partial charge in [-0.25, -0.2) is 4.68 Å². The lowest BCUT2D eigenvalue weighted by molar-refractivity contribution is -0.148. The van der Waals surface area contributed by atoms with Crippen molar-refractivity contribution in [3.8, 4) is 11.8 Å². The first-order chi connectivity index (χ1) is 11.7. The highest BCUT2D eigenvalue weighted by Gasteiger charge is 2.09. The predicted molar refractivity (Wildman–Crippen MR) is 86.1 cm³/mol. The summed E-state index contributed by atoms with van der Waals surface area (Å²) < 4.78 is 6.63. The SMILES string of the molecule is N#CCCNC(=O)COC(=O)CCc1cnn(-c2ccccc2)c1. The van der Waals surface area contributed by atoms with Crippen molar-refractivity contribution >= 4 is 11.9 Å². The second-order valence-electron chi connectivity index (χ2n) is 5.05. The fourth-order valence-corrected chi connectivity index (χ4v) is 1.98. The van der Waals surface area contributed by atoms with Crippen molar-refractivity contribution in [2.24, 2.45) is 0 Å². The molecule has 1 amide bonds. The zero-order chi connectivity index (χ0) is 17.2. The van der Waals surface area contributed by atoms with E-state index in [0.717, 1.165) is 11.3 Å². The van der Waals surface area contributed by atoms with E-state index < -0.39 is 11.9 Å². The van der Waals surface area contributed by atoms with E-state index in [9.17, 15) is 9.59 Å². The summed E-state index contributed by atoms with van der Waals surface area (Å²) in [7, 11) is 0. The summed E-state index contributed by atoms with van der Waals surface area (Å²) in [6, 6.07) is 11.6. The zero-order valence-corrected chi connectivity index (χ0v) is 13.1. The van der Waals surface area contributed by atoms with Crippen LogP contribution < -0.4 is 5.32 Å². The van der Waals surface area contributed by atoms with E-state index in [0.29, 0.717) is 6.42 Å². The van der Waals surface area contributed by atoms with E-state index >= 15 is 0 Å². The van der Waals surface area contributed by atoms with Gasteiger partial charge in [0.25, 0.3) is 5.91 Å². The van der Waals surface area contributed by atoms with E-state index in [4.69, 9.17) is 10.00 Å². The molecule has 1 aromatic heterocycles. The number of aryl methyl sites for hydroxylation is 1. The monoisotopic (exact) mass is 326 g/mol. The Hall–Kier alpha value is -3.14. The molecule has 0 aliphatic rings. The molecule has 2 aromatic rings. The molecule has 7 nitrogen and oxygen atoms in total. The van der Waals surface area contributed by atoms with Gasteiger partial charge in [-0.3, -0.25) is 9.59 Å². The van der Waals surface area contributed by atoms with Crippen LogP contribution in [0.5, 0.6) is 0 Å². The summed E-state index contributed by atoms with van der Waals surface area (Å²) in [4.78, 5) is 23.0. The molecule has 2 rings (SSSR count). The molecule has 0 saturated heterocycles. The van der Waals surface area contributed by atoms with Crippen LogP contribution in [0.15, 0.2) is 42.7 Å². The lowest BCUT2D eigenvalue weighted by atomic mass is 10.2. The average Bonchev–Trinajstić information content (AvgIpc) is 3.08. The van der Waals surface area contributed by atoms with Gasteiger partial charge in [0.05, 0.1) is 24.4 Å². The second-order valence-corrected chi connectivity index (χ2v) is 5.05. The van der Waals surface area contributed by atoms with Gasteiger partial charge in [0, 0.05) is 19.2 Å². The van der Waals surface area contributed by atoms with Crippen molar-refractivity contribution in [1.29, 1.82) is 5.26 Å². The van der Waals surface area contributed by atoms with Crippen molar-refractivity contribution in [2.45, 2.75) is 19.3 Å². The van der Waals surface area contributed by atoms with E-state index in [1.807, 2.05) is 42.6 Å².